The Labute approximate surface area is 80.6 Å². The van der Waals surface area contributed by atoms with Crippen molar-refractivity contribution in [3.05, 3.63) is 0 Å². The van der Waals surface area contributed by atoms with E-state index in [9.17, 15) is 4.79 Å². The Morgan fingerprint density at radius 2 is 2.08 bits per heavy atom. The molecular weight excluding hydrogens is 166 g/mol. The molecule has 0 radical (unpaired) electrons. The van der Waals surface area contributed by atoms with E-state index in [2.05, 4.69) is 13.8 Å². The average Bonchev–Trinajstić information content (AvgIpc) is 2.05. The van der Waals surface area contributed by atoms with Crippen LogP contribution in [-0.2, 0) is 9.53 Å². The molecule has 0 amide bonds. The third-order valence-electron chi connectivity index (χ3n) is 2.03. The van der Waals surface area contributed by atoms with Crippen molar-refractivity contribution in [1.82, 2.24) is 0 Å². The fraction of sp³-hybridized carbons (Fsp3) is 0.900. The van der Waals surface area contributed by atoms with Gasteiger partial charge in [-0.25, -0.2) is 0 Å². The molecule has 78 valence electrons. The van der Waals surface area contributed by atoms with Crippen molar-refractivity contribution in [2.24, 2.45) is 11.7 Å². The Bertz CT molecular complexity index is 148. The summed E-state index contributed by atoms with van der Waals surface area (Å²) in [7, 11) is 0. The van der Waals surface area contributed by atoms with Gasteiger partial charge < -0.3 is 10.5 Å². The third kappa shape index (κ3) is 5.64. The summed E-state index contributed by atoms with van der Waals surface area (Å²) in [5, 5.41) is 0. The van der Waals surface area contributed by atoms with E-state index >= 15 is 0 Å². The lowest BCUT2D eigenvalue weighted by atomic mass is 9.98. The zero-order valence-electron chi connectivity index (χ0n) is 8.88. The zero-order valence-corrected chi connectivity index (χ0v) is 8.88. The van der Waals surface area contributed by atoms with E-state index in [0.717, 1.165) is 19.3 Å². The van der Waals surface area contributed by atoms with Gasteiger partial charge in [-0.1, -0.05) is 26.7 Å². The highest BCUT2D eigenvalue weighted by molar-refractivity contribution is 5.75. The number of nitrogens with two attached hydrogens (primary N) is 1. The van der Waals surface area contributed by atoms with Crippen molar-refractivity contribution in [1.29, 1.82) is 0 Å². The molecular formula is C10H21NO2. The Kier molecular flexibility index (Phi) is 6.59. The molecule has 0 aliphatic carbocycles. The summed E-state index contributed by atoms with van der Waals surface area (Å²) in [6.45, 7) is 6.45. The van der Waals surface area contributed by atoms with E-state index in [1.165, 1.54) is 0 Å². The van der Waals surface area contributed by atoms with Crippen molar-refractivity contribution < 1.29 is 9.53 Å². The van der Waals surface area contributed by atoms with E-state index in [4.69, 9.17) is 10.5 Å². The van der Waals surface area contributed by atoms with Crippen LogP contribution in [0.1, 0.15) is 40.0 Å². The molecule has 2 atom stereocenters. The van der Waals surface area contributed by atoms with Crippen LogP contribution in [-0.4, -0.2) is 18.6 Å². The largest absolute Gasteiger partial charge is 0.465 e. The molecule has 0 aromatic carbocycles. The number of esters is 1. The van der Waals surface area contributed by atoms with Crippen LogP contribution >= 0.6 is 0 Å². The fourth-order valence-corrected chi connectivity index (χ4v) is 1.39. The maximum Gasteiger partial charge on any atom is 0.322 e. The van der Waals surface area contributed by atoms with Gasteiger partial charge in [0.2, 0.25) is 0 Å². The normalized spacial score (nSPS) is 15.1. The number of hydrogen-bond acceptors (Lipinski definition) is 3. The maximum atomic E-state index is 11.1. The summed E-state index contributed by atoms with van der Waals surface area (Å²) < 4.78 is 4.82. The zero-order chi connectivity index (χ0) is 10.3. The Hall–Kier alpha value is -0.570. The lowest BCUT2D eigenvalue weighted by molar-refractivity contribution is -0.145. The summed E-state index contributed by atoms with van der Waals surface area (Å²) in [6.07, 6.45) is 2.98. The molecule has 0 aromatic rings. The van der Waals surface area contributed by atoms with Crippen LogP contribution in [0.3, 0.4) is 0 Å². The molecule has 13 heavy (non-hydrogen) atoms. The Morgan fingerprint density at radius 3 is 2.54 bits per heavy atom. The first-order chi connectivity index (χ1) is 6.11. The van der Waals surface area contributed by atoms with Crippen LogP contribution in [0.25, 0.3) is 0 Å². The summed E-state index contributed by atoms with van der Waals surface area (Å²) >= 11 is 0. The van der Waals surface area contributed by atoms with Gasteiger partial charge in [-0.05, 0) is 19.3 Å². The van der Waals surface area contributed by atoms with E-state index in [1.807, 2.05) is 0 Å². The highest BCUT2D eigenvalue weighted by atomic mass is 16.5. The third-order valence-corrected chi connectivity index (χ3v) is 2.03. The van der Waals surface area contributed by atoms with Crippen LogP contribution in [0.2, 0.25) is 0 Å². The standard InChI is InChI=1S/C10H21NO2/c1-4-6-8(3)7-9(11)10(12)13-5-2/h8-9H,4-7,11H2,1-3H3. The maximum absolute atomic E-state index is 11.1. The minimum atomic E-state index is -0.443. The van der Waals surface area contributed by atoms with Crippen LogP contribution in [0.5, 0.6) is 0 Å². The minimum absolute atomic E-state index is 0.273. The van der Waals surface area contributed by atoms with Crippen molar-refractivity contribution in [3.63, 3.8) is 0 Å². The topological polar surface area (TPSA) is 52.3 Å². The SMILES string of the molecule is CCCC(C)CC(N)C(=O)OCC. The first-order valence-corrected chi connectivity index (χ1v) is 5.04. The molecule has 2 N–H and O–H groups in total. The molecule has 0 heterocycles. The highest BCUT2D eigenvalue weighted by Gasteiger charge is 2.16. The minimum Gasteiger partial charge on any atom is -0.465 e. The molecule has 0 fully saturated rings. The summed E-state index contributed by atoms with van der Waals surface area (Å²) in [6, 6.07) is -0.443. The molecule has 0 rings (SSSR count). The van der Waals surface area contributed by atoms with Crippen molar-refractivity contribution >= 4 is 5.97 Å². The van der Waals surface area contributed by atoms with Crippen molar-refractivity contribution in [2.75, 3.05) is 6.61 Å². The number of hydrogen-bond donors (Lipinski definition) is 1. The van der Waals surface area contributed by atoms with Gasteiger partial charge in [-0.3, -0.25) is 4.79 Å². The quantitative estimate of drug-likeness (QED) is 0.644. The molecule has 0 aromatic heterocycles. The lowest BCUT2D eigenvalue weighted by Crippen LogP contribution is -2.33. The van der Waals surface area contributed by atoms with Gasteiger partial charge in [0.25, 0.3) is 0 Å². The van der Waals surface area contributed by atoms with Gasteiger partial charge in [-0.15, -0.1) is 0 Å². The summed E-state index contributed by atoms with van der Waals surface area (Å²) in [5.74, 6) is 0.231. The van der Waals surface area contributed by atoms with Crippen LogP contribution < -0.4 is 5.73 Å². The van der Waals surface area contributed by atoms with Gasteiger partial charge in [0.15, 0.2) is 0 Å². The predicted molar refractivity (Wildman–Crippen MR) is 53.3 cm³/mol. The number of carbonyl (C=O) groups is 1. The van der Waals surface area contributed by atoms with Gasteiger partial charge in [0, 0.05) is 0 Å². The van der Waals surface area contributed by atoms with Gasteiger partial charge >= 0.3 is 5.97 Å². The Morgan fingerprint density at radius 1 is 1.46 bits per heavy atom. The molecule has 2 unspecified atom stereocenters. The second kappa shape index (κ2) is 6.89. The molecule has 0 aliphatic rings. The van der Waals surface area contributed by atoms with Crippen LogP contribution in [0, 0.1) is 5.92 Å². The van der Waals surface area contributed by atoms with E-state index in [-0.39, 0.29) is 5.97 Å². The number of ether oxygens (including phenoxy) is 1. The molecule has 0 saturated carbocycles. The fourth-order valence-electron chi connectivity index (χ4n) is 1.39. The molecule has 0 aliphatic heterocycles. The van der Waals surface area contributed by atoms with E-state index in [1.54, 1.807) is 6.92 Å². The smallest absolute Gasteiger partial charge is 0.322 e. The predicted octanol–water partition coefficient (Wildman–Crippen LogP) is 1.70. The number of carbonyl (C=O) groups excluding carboxylic acids is 1. The number of rotatable bonds is 6. The molecule has 3 heteroatoms. The molecule has 0 bridgehead atoms. The van der Waals surface area contributed by atoms with Crippen LogP contribution in [0.15, 0.2) is 0 Å². The first-order valence-electron chi connectivity index (χ1n) is 5.04. The van der Waals surface area contributed by atoms with Gasteiger partial charge in [0.1, 0.15) is 6.04 Å². The Balaban J connectivity index is 3.71. The van der Waals surface area contributed by atoms with Crippen molar-refractivity contribution in [2.45, 2.75) is 46.1 Å². The molecule has 0 spiro atoms. The average molecular weight is 187 g/mol. The van der Waals surface area contributed by atoms with Crippen LogP contribution in [0.4, 0.5) is 0 Å². The first kappa shape index (κ1) is 12.4. The molecule has 3 nitrogen and oxygen atoms in total. The lowest BCUT2D eigenvalue weighted by Gasteiger charge is -2.15. The molecule has 0 saturated heterocycles. The van der Waals surface area contributed by atoms with E-state index < -0.39 is 6.04 Å². The van der Waals surface area contributed by atoms with E-state index in [0.29, 0.717) is 12.5 Å². The summed E-state index contributed by atoms with van der Waals surface area (Å²) in [5.41, 5.74) is 5.66. The van der Waals surface area contributed by atoms with Gasteiger partial charge in [0.05, 0.1) is 6.61 Å². The van der Waals surface area contributed by atoms with Crippen molar-refractivity contribution in [3.8, 4) is 0 Å². The highest BCUT2D eigenvalue weighted by Crippen LogP contribution is 2.11. The summed E-state index contributed by atoms with van der Waals surface area (Å²) in [4.78, 5) is 11.1. The monoisotopic (exact) mass is 187 g/mol. The second-order valence-corrected chi connectivity index (χ2v) is 3.49. The second-order valence-electron chi connectivity index (χ2n) is 3.49. The van der Waals surface area contributed by atoms with Gasteiger partial charge in [-0.2, -0.15) is 0 Å².